The molecule has 0 spiro atoms. The van der Waals surface area contributed by atoms with E-state index in [1.807, 2.05) is 19.1 Å². The number of anilines is 1. The van der Waals surface area contributed by atoms with Crippen LogP contribution in [-0.2, 0) is 21.2 Å². The predicted molar refractivity (Wildman–Crippen MR) is 102 cm³/mol. The van der Waals surface area contributed by atoms with Crippen LogP contribution in [0.2, 0.25) is 0 Å². The maximum absolute atomic E-state index is 12.5. The number of carbonyl (C=O) groups excluding carboxylic acids is 1. The van der Waals surface area contributed by atoms with Gasteiger partial charge >= 0.3 is 0 Å². The first kappa shape index (κ1) is 19.9. The number of amides is 1. The molecule has 0 aliphatic rings. The topological polar surface area (TPSA) is 84.5 Å². The van der Waals surface area contributed by atoms with Crippen LogP contribution in [0.15, 0.2) is 47.4 Å². The molecule has 0 unspecified atom stereocenters. The van der Waals surface area contributed by atoms with Gasteiger partial charge in [0, 0.05) is 5.69 Å². The van der Waals surface area contributed by atoms with Gasteiger partial charge in [0.2, 0.25) is 15.9 Å². The van der Waals surface area contributed by atoms with Gasteiger partial charge in [0.05, 0.1) is 18.0 Å². The van der Waals surface area contributed by atoms with E-state index in [1.165, 1.54) is 26.2 Å². The van der Waals surface area contributed by atoms with Crippen molar-refractivity contribution in [1.82, 2.24) is 4.72 Å². The van der Waals surface area contributed by atoms with Gasteiger partial charge in [-0.15, -0.1) is 0 Å². The molecular formula is C19H24N2O4S. The Bertz CT molecular complexity index is 877. The lowest BCUT2D eigenvalue weighted by Crippen LogP contribution is -2.41. The van der Waals surface area contributed by atoms with E-state index < -0.39 is 22.0 Å². The third-order valence-corrected chi connectivity index (χ3v) is 5.57. The van der Waals surface area contributed by atoms with E-state index in [-0.39, 0.29) is 4.90 Å². The van der Waals surface area contributed by atoms with Crippen LogP contribution in [0.1, 0.15) is 25.0 Å². The number of rotatable bonds is 7. The molecule has 2 rings (SSSR count). The van der Waals surface area contributed by atoms with Crippen LogP contribution in [-0.4, -0.2) is 27.5 Å². The van der Waals surface area contributed by atoms with Gasteiger partial charge in [0.25, 0.3) is 0 Å². The second-order valence-corrected chi connectivity index (χ2v) is 7.73. The molecule has 2 N–H and O–H groups in total. The lowest BCUT2D eigenvalue weighted by atomic mass is 10.1. The highest BCUT2D eigenvalue weighted by atomic mass is 32.2. The van der Waals surface area contributed by atoms with Crippen molar-refractivity contribution in [2.24, 2.45) is 0 Å². The number of aryl methyl sites for hydroxylation is 2. The SMILES string of the molecule is CCc1ccc(NC(=O)[C@H](C)NS(=O)(=O)c2ccc(OC)c(C)c2)cc1. The van der Waals surface area contributed by atoms with E-state index in [9.17, 15) is 13.2 Å². The summed E-state index contributed by atoms with van der Waals surface area (Å²) >= 11 is 0. The molecule has 0 radical (unpaired) electrons. The van der Waals surface area contributed by atoms with Crippen LogP contribution in [0.3, 0.4) is 0 Å². The van der Waals surface area contributed by atoms with Gasteiger partial charge in [-0.25, -0.2) is 8.42 Å². The molecule has 6 nitrogen and oxygen atoms in total. The van der Waals surface area contributed by atoms with Gasteiger partial charge in [-0.1, -0.05) is 19.1 Å². The van der Waals surface area contributed by atoms with E-state index in [0.717, 1.165) is 12.0 Å². The van der Waals surface area contributed by atoms with Gasteiger partial charge in [-0.2, -0.15) is 4.72 Å². The molecule has 0 aliphatic heterocycles. The monoisotopic (exact) mass is 376 g/mol. The molecule has 0 saturated heterocycles. The number of sulfonamides is 1. The van der Waals surface area contributed by atoms with E-state index in [1.54, 1.807) is 25.1 Å². The predicted octanol–water partition coefficient (Wildman–Crippen LogP) is 2.87. The smallest absolute Gasteiger partial charge is 0.242 e. The molecule has 0 bridgehead atoms. The molecule has 0 aliphatic carbocycles. The molecule has 2 aromatic carbocycles. The zero-order valence-electron chi connectivity index (χ0n) is 15.4. The number of hydrogen-bond acceptors (Lipinski definition) is 4. The summed E-state index contributed by atoms with van der Waals surface area (Å²) in [6.07, 6.45) is 0.908. The van der Waals surface area contributed by atoms with Crippen LogP contribution >= 0.6 is 0 Å². The van der Waals surface area contributed by atoms with Crippen molar-refractivity contribution in [2.75, 3.05) is 12.4 Å². The Kier molecular flexibility index (Phi) is 6.39. The summed E-state index contributed by atoms with van der Waals surface area (Å²) in [5.74, 6) is 0.174. The Morgan fingerprint density at radius 1 is 1.15 bits per heavy atom. The molecule has 2 aromatic rings. The van der Waals surface area contributed by atoms with Gasteiger partial charge in [-0.05, 0) is 61.7 Å². The summed E-state index contributed by atoms with van der Waals surface area (Å²) < 4.78 is 32.5. The fraction of sp³-hybridized carbons (Fsp3) is 0.316. The second-order valence-electron chi connectivity index (χ2n) is 6.01. The summed E-state index contributed by atoms with van der Waals surface area (Å²) in [6, 6.07) is 11.1. The van der Waals surface area contributed by atoms with Crippen molar-refractivity contribution in [3.8, 4) is 5.75 Å². The van der Waals surface area contributed by atoms with Gasteiger partial charge < -0.3 is 10.1 Å². The minimum atomic E-state index is -3.82. The summed E-state index contributed by atoms with van der Waals surface area (Å²) in [5.41, 5.74) is 2.48. The van der Waals surface area contributed by atoms with Crippen molar-refractivity contribution in [2.45, 2.75) is 38.1 Å². The molecule has 26 heavy (non-hydrogen) atoms. The van der Waals surface area contributed by atoms with Crippen LogP contribution in [0, 0.1) is 6.92 Å². The molecule has 0 fully saturated rings. The van der Waals surface area contributed by atoms with E-state index >= 15 is 0 Å². The number of hydrogen-bond donors (Lipinski definition) is 2. The van der Waals surface area contributed by atoms with E-state index in [2.05, 4.69) is 10.0 Å². The summed E-state index contributed by atoms with van der Waals surface area (Å²) in [7, 11) is -2.30. The van der Waals surface area contributed by atoms with Crippen molar-refractivity contribution in [3.63, 3.8) is 0 Å². The molecule has 0 saturated carbocycles. The first-order valence-electron chi connectivity index (χ1n) is 8.33. The number of benzene rings is 2. The maximum Gasteiger partial charge on any atom is 0.242 e. The third kappa shape index (κ3) is 4.83. The third-order valence-electron chi connectivity index (χ3n) is 4.03. The molecule has 140 valence electrons. The summed E-state index contributed by atoms with van der Waals surface area (Å²) in [5, 5.41) is 2.71. The highest BCUT2D eigenvalue weighted by Gasteiger charge is 2.22. The fourth-order valence-electron chi connectivity index (χ4n) is 2.45. The van der Waals surface area contributed by atoms with Gasteiger partial charge in [0.1, 0.15) is 5.75 Å². The average Bonchev–Trinajstić information content (AvgIpc) is 2.61. The molecule has 0 aromatic heterocycles. The first-order valence-corrected chi connectivity index (χ1v) is 9.82. The van der Waals surface area contributed by atoms with Crippen LogP contribution in [0.5, 0.6) is 5.75 Å². The van der Waals surface area contributed by atoms with Gasteiger partial charge in [-0.3, -0.25) is 4.79 Å². The quantitative estimate of drug-likeness (QED) is 0.778. The number of carbonyl (C=O) groups is 1. The average molecular weight is 376 g/mol. The van der Waals surface area contributed by atoms with Crippen LogP contribution in [0.25, 0.3) is 0 Å². The van der Waals surface area contributed by atoms with Crippen molar-refractivity contribution >= 4 is 21.6 Å². The fourth-order valence-corrected chi connectivity index (χ4v) is 3.73. The largest absolute Gasteiger partial charge is 0.496 e. The lowest BCUT2D eigenvalue weighted by Gasteiger charge is -2.15. The van der Waals surface area contributed by atoms with Crippen LogP contribution < -0.4 is 14.8 Å². The highest BCUT2D eigenvalue weighted by molar-refractivity contribution is 7.89. The zero-order chi connectivity index (χ0) is 19.3. The Morgan fingerprint density at radius 2 is 1.81 bits per heavy atom. The van der Waals surface area contributed by atoms with Crippen LogP contribution in [0.4, 0.5) is 5.69 Å². The summed E-state index contributed by atoms with van der Waals surface area (Å²) in [6.45, 7) is 5.31. The molecule has 0 heterocycles. The Morgan fingerprint density at radius 3 is 2.35 bits per heavy atom. The standard InChI is InChI=1S/C19H24N2O4S/c1-5-15-6-8-16(9-7-15)20-19(22)14(3)21-26(23,24)17-10-11-18(25-4)13(2)12-17/h6-12,14,21H,5H2,1-4H3,(H,20,22)/t14-/m0/s1. The minimum absolute atomic E-state index is 0.0859. The minimum Gasteiger partial charge on any atom is -0.496 e. The number of nitrogens with one attached hydrogen (secondary N) is 2. The molecular weight excluding hydrogens is 352 g/mol. The molecule has 1 amide bonds. The second kappa shape index (κ2) is 8.33. The number of ether oxygens (including phenoxy) is 1. The molecule has 7 heteroatoms. The Labute approximate surface area is 154 Å². The zero-order valence-corrected chi connectivity index (χ0v) is 16.2. The number of methoxy groups -OCH3 is 1. The molecule has 1 atom stereocenters. The lowest BCUT2D eigenvalue weighted by molar-refractivity contribution is -0.117. The highest BCUT2D eigenvalue weighted by Crippen LogP contribution is 2.21. The van der Waals surface area contributed by atoms with E-state index in [4.69, 9.17) is 4.74 Å². The van der Waals surface area contributed by atoms with Gasteiger partial charge in [0.15, 0.2) is 0 Å². The Balaban J connectivity index is 2.07. The van der Waals surface area contributed by atoms with Crippen molar-refractivity contribution < 1.29 is 17.9 Å². The normalized spacial score (nSPS) is 12.5. The van der Waals surface area contributed by atoms with Crippen molar-refractivity contribution in [3.05, 3.63) is 53.6 Å². The Hall–Kier alpha value is -2.38. The van der Waals surface area contributed by atoms with Crippen molar-refractivity contribution in [1.29, 1.82) is 0 Å². The first-order chi connectivity index (χ1) is 12.3. The van der Waals surface area contributed by atoms with E-state index in [0.29, 0.717) is 17.0 Å². The summed E-state index contributed by atoms with van der Waals surface area (Å²) in [4.78, 5) is 12.4. The maximum atomic E-state index is 12.5.